The number of anilines is 1. The molecule has 0 aliphatic heterocycles. The van der Waals surface area contributed by atoms with Crippen molar-refractivity contribution < 1.29 is 4.74 Å². The largest absolute Gasteiger partial charge is 0.379 e. The fourth-order valence-corrected chi connectivity index (χ4v) is 0.988. The molecule has 1 rings (SSSR count). The summed E-state index contributed by atoms with van der Waals surface area (Å²) in [5.41, 5.74) is -0.219. The fraction of sp³-hybridized carbons (Fsp3) is 0.400. The summed E-state index contributed by atoms with van der Waals surface area (Å²) >= 11 is 0. The second kappa shape index (κ2) is 6.78. The molecule has 0 aliphatic rings. The van der Waals surface area contributed by atoms with Gasteiger partial charge in [0, 0.05) is 18.9 Å². The van der Waals surface area contributed by atoms with Crippen molar-refractivity contribution in [3.05, 3.63) is 35.4 Å². The van der Waals surface area contributed by atoms with Crippen molar-refractivity contribution >= 4 is 5.82 Å². The van der Waals surface area contributed by atoms with E-state index >= 15 is 0 Å². The summed E-state index contributed by atoms with van der Waals surface area (Å²) in [6.45, 7) is 5.36. The van der Waals surface area contributed by atoms with E-state index in [1.807, 2.05) is 0 Å². The Bertz CT molecular complexity index is 349. The summed E-state index contributed by atoms with van der Waals surface area (Å²) in [4.78, 5) is 17.6. The number of H-pyrrole nitrogens is 1. The van der Waals surface area contributed by atoms with Crippen LogP contribution in [0.25, 0.3) is 0 Å². The lowest BCUT2D eigenvalue weighted by atomic mass is 10.4. The summed E-state index contributed by atoms with van der Waals surface area (Å²) in [6.07, 6.45) is 5.66. The van der Waals surface area contributed by atoms with Gasteiger partial charge in [0.2, 0.25) is 0 Å². The minimum atomic E-state index is -0.219. The Morgan fingerprint density at radius 3 is 3.20 bits per heavy atom. The smallest absolute Gasteiger partial charge is 0.290 e. The third-order valence-corrected chi connectivity index (χ3v) is 1.71. The molecular formula is C10H15N3O2. The van der Waals surface area contributed by atoms with Crippen LogP contribution >= 0.6 is 0 Å². The second-order valence-corrected chi connectivity index (χ2v) is 2.88. The van der Waals surface area contributed by atoms with Crippen LogP contribution in [0, 0.1) is 0 Å². The van der Waals surface area contributed by atoms with E-state index in [2.05, 4.69) is 21.9 Å². The highest BCUT2D eigenvalue weighted by Gasteiger charge is 1.96. The molecule has 0 aromatic carbocycles. The summed E-state index contributed by atoms with van der Waals surface area (Å²) < 4.78 is 5.26. The molecule has 0 aliphatic carbocycles. The van der Waals surface area contributed by atoms with Crippen molar-refractivity contribution in [1.82, 2.24) is 9.97 Å². The van der Waals surface area contributed by atoms with Gasteiger partial charge in [-0.2, -0.15) is 0 Å². The molecule has 0 saturated heterocycles. The molecule has 1 aromatic rings. The van der Waals surface area contributed by atoms with E-state index in [4.69, 9.17) is 4.74 Å². The van der Waals surface area contributed by atoms with Gasteiger partial charge in [0.05, 0.1) is 13.2 Å². The lowest BCUT2D eigenvalue weighted by molar-refractivity contribution is 0.149. The standard InChI is InChI=1S/C10H15N3O2/c1-2-3-7-15-8-6-12-9-10(14)13-5-4-11-9/h2,4-5H,1,3,6-8H2,(H,11,12)(H,13,14). The number of ether oxygens (including phenoxy) is 1. The molecule has 0 spiro atoms. The molecule has 0 unspecified atom stereocenters. The molecule has 0 fully saturated rings. The minimum Gasteiger partial charge on any atom is -0.379 e. The van der Waals surface area contributed by atoms with Crippen LogP contribution in [-0.2, 0) is 4.74 Å². The maximum atomic E-state index is 11.2. The van der Waals surface area contributed by atoms with Crippen LogP contribution in [0.15, 0.2) is 29.8 Å². The van der Waals surface area contributed by atoms with Gasteiger partial charge in [-0.1, -0.05) is 6.08 Å². The maximum absolute atomic E-state index is 11.2. The Morgan fingerprint density at radius 1 is 1.60 bits per heavy atom. The number of nitrogens with one attached hydrogen (secondary N) is 2. The first-order valence-corrected chi connectivity index (χ1v) is 4.81. The van der Waals surface area contributed by atoms with E-state index in [0.717, 1.165) is 6.42 Å². The highest BCUT2D eigenvalue weighted by Crippen LogP contribution is 1.89. The molecule has 2 N–H and O–H groups in total. The van der Waals surface area contributed by atoms with Gasteiger partial charge in [0.25, 0.3) is 5.56 Å². The Hall–Kier alpha value is -1.62. The Labute approximate surface area is 88.2 Å². The molecule has 0 amide bonds. The van der Waals surface area contributed by atoms with E-state index in [1.54, 1.807) is 6.08 Å². The van der Waals surface area contributed by atoms with Gasteiger partial charge in [-0.05, 0) is 6.42 Å². The molecule has 5 nitrogen and oxygen atoms in total. The third-order valence-electron chi connectivity index (χ3n) is 1.71. The Morgan fingerprint density at radius 2 is 2.47 bits per heavy atom. The monoisotopic (exact) mass is 209 g/mol. The number of rotatable bonds is 7. The average molecular weight is 209 g/mol. The maximum Gasteiger partial charge on any atom is 0.290 e. The van der Waals surface area contributed by atoms with Crippen molar-refractivity contribution in [3.8, 4) is 0 Å². The zero-order valence-electron chi connectivity index (χ0n) is 8.53. The van der Waals surface area contributed by atoms with E-state index in [9.17, 15) is 4.79 Å². The number of hydrogen-bond acceptors (Lipinski definition) is 4. The molecule has 1 aromatic heterocycles. The van der Waals surface area contributed by atoms with Gasteiger partial charge in [0.1, 0.15) is 0 Å². The first kappa shape index (κ1) is 11.5. The highest BCUT2D eigenvalue weighted by atomic mass is 16.5. The van der Waals surface area contributed by atoms with Crippen molar-refractivity contribution in [2.75, 3.05) is 25.1 Å². The van der Waals surface area contributed by atoms with Gasteiger partial charge in [-0.15, -0.1) is 6.58 Å². The number of aromatic nitrogens is 2. The summed E-state index contributed by atoms with van der Waals surface area (Å²) in [7, 11) is 0. The van der Waals surface area contributed by atoms with Crippen LogP contribution in [0.2, 0.25) is 0 Å². The van der Waals surface area contributed by atoms with Crippen molar-refractivity contribution in [1.29, 1.82) is 0 Å². The van der Waals surface area contributed by atoms with Crippen LogP contribution in [0.4, 0.5) is 5.82 Å². The molecule has 0 saturated carbocycles. The van der Waals surface area contributed by atoms with Crippen LogP contribution < -0.4 is 10.9 Å². The average Bonchev–Trinajstić information content (AvgIpc) is 2.25. The van der Waals surface area contributed by atoms with Gasteiger partial charge < -0.3 is 15.0 Å². The number of aromatic amines is 1. The van der Waals surface area contributed by atoms with Crippen molar-refractivity contribution in [2.24, 2.45) is 0 Å². The SMILES string of the molecule is C=CCCOCCNc1ncc[nH]c1=O. The van der Waals surface area contributed by atoms with Gasteiger partial charge in [0.15, 0.2) is 5.82 Å². The second-order valence-electron chi connectivity index (χ2n) is 2.88. The molecule has 0 radical (unpaired) electrons. The Kier molecular flexibility index (Phi) is 5.18. The molecule has 5 heteroatoms. The molecular weight excluding hydrogens is 194 g/mol. The predicted octanol–water partition coefficient (Wildman–Crippen LogP) is 0.774. The van der Waals surface area contributed by atoms with Crippen LogP contribution in [-0.4, -0.2) is 29.7 Å². The Balaban J connectivity index is 2.18. The van der Waals surface area contributed by atoms with Gasteiger partial charge in [-0.25, -0.2) is 4.98 Å². The zero-order valence-corrected chi connectivity index (χ0v) is 8.53. The summed E-state index contributed by atoms with van der Waals surface area (Å²) in [5, 5.41) is 2.88. The van der Waals surface area contributed by atoms with E-state index in [-0.39, 0.29) is 5.56 Å². The van der Waals surface area contributed by atoms with Crippen molar-refractivity contribution in [3.63, 3.8) is 0 Å². The lowest BCUT2D eigenvalue weighted by Gasteiger charge is -2.04. The molecule has 0 bridgehead atoms. The van der Waals surface area contributed by atoms with Crippen LogP contribution in [0.3, 0.4) is 0 Å². The number of hydrogen-bond donors (Lipinski definition) is 2. The predicted molar refractivity (Wildman–Crippen MR) is 59.0 cm³/mol. The fourth-order valence-electron chi connectivity index (χ4n) is 0.988. The quantitative estimate of drug-likeness (QED) is 0.514. The molecule has 1 heterocycles. The number of nitrogens with zero attached hydrogens (tertiary/aromatic N) is 1. The first-order chi connectivity index (χ1) is 7.34. The van der Waals surface area contributed by atoms with Gasteiger partial charge >= 0.3 is 0 Å². The molecule has 15 heavy (non-hydrogen) atoms. The first-order valence-electron chi connectivity index (χ1n) is 4.81. The van der Waals surface area contributed by atoms with E-state index in [0.29, 0.717) is 25.6 Å². The van der Waals surface area contributed by atoms with Crippen molar-refractivity contribution in [2.45, 2.75) is 6.42 Å². The normalized spacial score (nSPS) is 9.87. The summed E-state index contributed by atoms with van der Waals surface area (Å²) in [5.74, 6) is 0.324. The lowest BCUT2D eigenvalue weighted by Crippen LogP contribution is -2.18. The molecule has 0 atom stereocenters. The molecule has 82 valence electrons. The third kappa shape index (κ3) is 4.42. The zero-order chi connectivity index (χ0) is 10.9. The van der Waals surface area contributed by atoms with Crippen LogP contribution in [0.1, 0.15) is 6.42 Å². The summed E-state index contributed by atoms with van der Waals surface area (Å²) in [6, 6.07) is 0. The highest BCUT2D eigenvalue weighted by molar-refractivity contribution is 5.29. The van der Waals surface area contributed by atoms with Gasteiger partial charge in [-0.3, -0.25) is 4.79 Å². The minimum absolute atomic E-state index is 0.219. The topological polar surface area (TPSA) is 67.0 Å². The van der Waals surface area contributed by atoms with E-state index < -0.39 is 0 Å². The van der Waals surface area contributed by atoms with E-state index in [1.165, 1.54) is 12.4 Å². The van der Waals surface area contributed by atoms with Crippen LogP contribution in [0.5, 0.6) is 0 Å².